The molecule has 2 aromatic rings. The normalized spacial score (nSPS) is 10.0. The minimum Gasteiger partial charge on any atom is -0.314 e. The zero-order chi connectivity index (χ0) is 10.7. The third kappa shape index (κ3) is 1.96. The third-order valence-corrected chi connectivity index (χ3v) is 2.29. The summed E-state index contributed by atoms with van der Waals surface area (Å²) in [7, 11) is 1.97. The lowest BCUT2D eigenvalue weighted by Gasteiger charge is -2.18. The van der Waals surface area contributed by atoms with Crippen LogP contribution in [0.2, 0.25) is 0 Å². The van der Waals surface area contributed by atoms with E-state index in [-0.39, 0.29) is 0 Å². The first-order valence-corrected chi connectivity index (χ1v) is 4.85. The van der Waals surface area contributed by atoms with E-state index in [9.17, 15) is 0 Å². The summed E-state index contributed by atoms with van der Waals surface area (Å²) in [5, 5.41) is 0. The lowest BCUT2D eigenvalue weighted by atomic mass is 10.3. The molecular formula is C12H13N3. The Bertz CT molecular complexity index is 440. The molecule has 3 heteroatoms. The second-order valence-corrected chi connectivity index (χ2v) is 3.39. The Morgan fingerprint density at radius 2 is 1.80 bits per heavy atom. The summed E-state index contributed by atoms with van der Waals surface area (Å²) in [6.07, 6.45) is 3.58. The van der Waals surface area contributed by atoms with Gasteiger partial charge < -0.3 is 4.90 Å². The molecule has 0 atom stereocenters. The van der Waals surface area contributed by atoms with Crippen LogP contribution in [0.1, 0.15) is 5.56 Å². The van der Waals surface area contributed by atoms with Crippen LogP contribution in [0.3, 0.4) is 0 Å². The molecule has 0 spiro atoms. The van der Waals surface area contributed by atoms with E-state index in [4.69, 9.17) is 0 Å². The van der Waals surface area contributed by atoms with E-state index >= 15 is 0 Å². The van der Waals surface area contributed by atoms with Crippen molar-refractivity contribution in [3.05, 3.63) is 48.3 Å². The summed E-state index contributed by atoms with van der Waals surface area (Å²) in [4.78, 5) is 10.6. The standard InChI is InChI=1S/C12H13N3/c1-10-6-5-9-14-12(10)15(2)11-7-3-4-8-13-11/h3-9H,1-2H3. The first kappa shape index (κ1) is 9.65. The highest BCUT2D eigenvalue weighted by Crippen LogP contribution is 2.21. The van der Waals surface area contributed by atoms with Crippen LogP contribution in [0.4, 0.5) is 11.6 Å². The Morgan fingerprint density at radius 1 is 1.00 bits per heavy atom. The van der Waals surface area contributed by atoms with Gasteiger partial charge in [-0.05, 0) is 30.7 Å². The summed E-state index contributed by atoms with van der Waals surface area (Å²) in [6.45, 7) is 2.04. The van der Waals surface area contributed by atoms with Crippen molar-refractivity contribution in [2.24, 2.45) is 0 Å². The number of hydrogen-bond donors (Lipinski definition) is 0. The van der Waals surface area contributed by atoms with Crippen LogP contribution >= 0.6 is 0 Å². The molecular weight excluding hydrogens is 186 g/mol. The largest absolute Gasteiger partial charge is 0.314 e. The highest BCUT2D eigenvalue weighted by atomic mass is 15.2. The quantitative estimate of drug-likeness (QED) is 0.744. The van der Waals surface area contributed by atoms with Crippen LogP contribution in [0.25, 0.3) is 0 Å². The van der Waals surface area contributed by atoms with Gasteiger partial charge in [-0.2, -0.15) is 0 Å². The van der Waals surface area contributed by atoms with Crippen LogP contribution < -0.4 is 4.90 Å². The number of hydrogen-bond acceptors (Lipinski definition) is 3. The van der Waals surface area contributed by atoms with Crippen molar-refractivity contribution in [3.8, 4) is 0 Å². The monoisotopic (exact) mass is 199 g/mol. The van der Waals surface area contributed by atoms with Crippen LogP contribution in [-0.2, 0) is 0 Å². The van der Waals surface area contributed by atoms with E-state index in [0.717, 1.165) is 17.2 Å². The SMILES string of the molecule is Cc1cccnc1N(C)c1ccccn1. The second-order valence-electron chi connectivity index (χ2n) is 3.39. The minimum atomic E-state index is 0.902. The van der Waals surface area contributed by atoms with Gasteiger partial charge in [0.1, 0.15) is 11.6 Å². The van der Waals surface area contributed by atoms with Crippen molar-refractivity contribution in [3.63, 3.8) is 0 Å². The zero-order valence-electron chi connectivity index (χ0n) is 8.88. The Labute approximate surface area is 89.4 Å². The molecule has 2 aromatic heterocycles. The maximum atomic E-state index is 4.34. The minimum absolute atomic E-state index is 0.902. The van der Waals surface area contributed by atoms with Crippen LogP contribution in [0, 0.1) is 6.92 Å². The molecule has 0 saturated heterocycles. The average molecular weight is 199 g/mol. The number of anilines is 2. The van der Waals surface area contributed by atoms with E-state index in [2.05, 4.69) is 9.97 Å². The topological polar surface area (TPSA) is 29.0 Å². The number of pyridine rings is 2. The highest BCUT2D eigenvalue weighted by Gasteiger charge is 2.07. The Morgan fingerprint density at radius 3 is 2.47 bits per heavy atom. The van der Waals surface area contributed by atoms with Crippen molar-refractivity contribution in [1.29, 1.82) is 0 Å². The van der Waals surface area contributed by atoms with Crippen molar-refractivity contribution < 1.29 is 0 Å². The van der Waals surface area contributed by atoms with E-state index in [1.54, 1.807) is 12.4 Å². The Hall–Kier alpha value is -1.90. The molecule has 0 bridgehead atoms. The van der Waals surface area contributed by atoms with Gasteiger partial charge in [0.25, 0.3) is 0 Å². The van der Waals surface area contributed by atoms with Gasteiger partial charge in [0.2, 0.25) is 0 Å². The smallest absolute Gasteiger partial charge is 0.136 e. The zero-order valence-corrected chi connectivity index (χ0v) is 8.88. The maximum Gasteiger partial charge on any atom is 0.136 e. The van der Waals surface area contributed by atoms with Crippen molar-refractivity contribution in [2.75, 3.05) is 11.9 Å². The first-order valence-electron chi connectivity index (χ1n) is 4.85. The molecule has 15 heavy (non-hydrogen) atoms. The molecule has 0 amide bonds. The molecule has 76 valence electrons. The molecule has 0 saturated carbocycles. The fourth-order valence-electron chi connectivity index (χ4n) is 1.49. The van der Waals surface area contributed by atoms with Crippen molar-refractivity contribution in [2.45, 2.75) is 6.92 Å². The third-order valence-electron chi connectivity index (χ3n) is 2.29. The number of aryl methyl sites for hydroxylation is 1. The van der Waals surface area contributed by atoms with Gasteiger partial charge in [-0.25, -0.2) is 9.97 Å². The molecule has 0 aliphatic carbocycles. The molecule has 2 rings (SSSR count). The Kier molecular flexibility index (Phi) is 2.63. The van der Waals surface area contributed by atoms with Crippen LogP contribution in [-0.4, -0.2) is 17.0 Å². The van der Waals surface area contributed by atoms with Crippen LogP contribution in [0.15, 0.2) is 42.7 Å². The van der Waals surface area contributed by atoms with E-state index in [1.807, 2.05) is 49.2 Å². The van der Waals surface area contributed by atoms with E-state index in [1.165, 1.54) is 0 Å². The lowest BCUT2D eigenvalue weighted by Crippen LogP contribution is -2.13. The van der Waals surface area contributed by atoms with Gasteiger partial charge in [0, 0.05) is 19.4 Å². The Balaban J connectivity index is 2.37. The molecule has 2 heterocycles. The lowest BCUT2D eigenvalue weighted by molar-refractivity contribution is 1.06. The number of nitrogens with zero attached hydrogens (tertiary/aromatic N) is 3. The van der Waals surface area contributed by atoms with Crippen molar-refractivity contribution in [1.82, 2.24) is 9.97 Å². The summed E-state index contributed by atoms with van der Waals surface area (Å²) >= 11 is 0. The van der Waals surface area contributed by atoms with Crippen molar-refractivity contribution >= 4 is 11.6 Å². The number of aromatic nitrogens is 2. The first-order chi connectivity index (χ1) is 7.29. The van der Waals surface area contributed by atoms with Gasteiger partial charge in [0.05, 0.1) is 0 Å². The summed E-state index contributed by atoms with van der Waals surface area (Å²) in [5.74, 6) is 1.84. The van der Waals surface area contributed by atoms with Gasteiger partial charge >= 0.3 is 0 Å². The summed E-state index contributed by atoms with van der Waals surface area (Å²) < 4.78 is 0. The summed E-state index contributed by atoms with van der Waals surface area (Å²) in [5.41, 5.74) is 1.14. The fraction of sp³-hybridized carbons (Fsp3) is 0.167. The molecule has 0 unspecified atom stereocenters. The number of rotatable bonds is 2. The summed E-state index contributed by atoms with van der Waals surface area (Å²) in [6, 6.07) is 9.82. The molecule has 0 fully saturated rings. The van der Waals surface area contributed by atoms with Gasteiger partial charge in [-0.15, -0.1) is 0 Å². The molecule has 0 N–H and O–H groups in total. The van der Waals surface area contributed by atoms with Gasteiger partial charge in [-0.3, -0.25) is 0 Å². The van der Waals surface area contributed by atoms with Crippen LogP contribution in [0.5, 0.6) is 0 Å². The van der Waals surface area contributed by atoms with Gasteiger partial charge in [-0.1, -0.05) is 12.1 Å². The molecule has 0 radical (unpaired) electrons. The second kappa shape index (κ2) is 4.09. The predicted octanol–water partition coefficient (Wildman–Crippen LogP) is 2.55. The highest BCUT2D eigenvalue weighted by molar-refractivity contribution is 5.57. The molecule has 0 aliphatic heterocycles. The molecule has 3 nitrogen and oxygen atoms in total. The average Bonchev–Trinajstić information content (AvgIpc) is 2.30. The van der Waals surface area contributed by atoms with Gasteiger partial charge in [0.15, 0.2) is 0 Å². The predicted molar refractivity (Wildman–Crippen MR) is 61.3 cm³/mol. The van der Waals surface area contributed by atoms with E-state index in [0.29, 0.717) is 0 Å². The maximum absolute atomic E-state index is 4.34. The molecule has 0 aromatic carbocycles. The molecule has 0 aliphatic rings. The fourth-order valence-corrected chi connectivity index (χ4v) is 1.49. The van der Waals surface area contributed by atoms with E-state index < -0.39 is 0 Å².